The fourth-order valence-corrected chi connectivity index (χ4v) is 6.16. The van der Waals surface area contributed by atoms with E-state index in [0.29, 0.717) is 24.9 Å². The fourth-order valence-electron chi connectivity index (χ4n) is 5.61. The van der Waals surface area contributed by atoms with Crippen molar-refractivity contribution in [3.05, 3.63) is 57.9 Å². The van der Waals surface area contributed by atoms with Crippen LogP contribution < -0.4 is 5.32 Å². The zero-order valence-corrected chi connectivity index (χ0v) is 19.0. The fraction of sp³-hybridized carbons (Fsp3) is 0.458. The largest absolute Gasteiger partial charge is 0.441 e. The Balaban J connectivity index is 1.42. The van der Waals surface area contributed by atoms with Crippen molar-refractivity contribution in [1.82, 2.24) is 20.2 Å². The Morgan fingerprint density at radius 2 is 2.23 bits per heavy atom. The molecule has 2 aliphatic heterocycles. The van der Waals surface area contributed by atoms with Crippen molar-refractivity contribution in [1.29, 1.82) is 0 Å². The predicted octanol–water partition coefficient (Wildman–Crippen LogP) is 4.13. The number of fused-ring (bicyclic) bond motifs is 2. The average molecular weight is 437 g/mol. The van der Waals surface area contributed by atoms with Gasteiger partial charge in [-0.25, -0.2) is 9.97 Å². The van der Waals surface area contributed by atoms with Crippen LogP contribution in [0.25, 0.3) is 11.5 Å². The second-order valence-corrected chi connectivity index (χ2v) is 9.63. The first kappa shape index (κ1) is 20.4. The van der Waals surface area contributed by atoms with Crippen molar-refractivity contribution in [2.75, 3.05) is 7.05 Å². The summed E-state index contributed by atoms with van der Waals surface area (Å²) in [5.41, 5.74) is 5.59. The summed E-state index contributed by atoms with van der Waals surface area (Å²) in [5, 5.41) is 5.01. The van der Waals surface area contributed by atoms with Crippen LogP contribution in [0.5, 0.6) is 0 Å². The summed E-state index contributed by atoms with van der Waals surface area (Å²) in [7, 11) is 1.75. The smallest absolute Gasteiger partial charge is 0.228 e. The summed E-state index contributed by atoms with van der Waals surface area (Å²) < 4.78 is 6.04. The molecule has 1 aromatic carbocycles. The Labute approximate surface area is 186 Å². The topological polar surface area (TPSA) is 71.3 Å². The second kappa shape index (κ2) is 7.88. The number of oxazole rings is 1. The number of amides is 1. The van der Waals surface area contributed by atoms with Crippen LogP contribution in [0.1, 0.15) is 42.0 Å². The van der Waals surface area contributed by atoms with E-state index in [1.54, 1.807) is 18.4 Å². The molecule has 2 aromatic heterocycles. The molecule has 3 atom stereocenters. The summed E-state index contributed by atoms with van der Waals surface area (Å²) in [6, 6.07) is 8.81. The van der Waals surface area contributed by atoms with E-state index in [1.807, 2.05) is 24.6 Å². The van der Waals surface area contributed by atoms with Crippen molar-refractivity contribution in [3.63, 3.8) is 0 Å². The molecule has 0 radical (unpaired) electrons. The van der Waals surface area contributed by atoms with E-state index in [1.165, 1.54) is 5.56 Å². The third-order valence-electron chi connectivity index (χ3n) is 7.03. The van der Waals surface area contributed by atoms with E-state index in [2.05, 4.69) is 39.6 Å². The van der Waals surface area contributed by atoms with E-state index in [0.717, 1.165) is 42.0 Å². The highest BCUT2D eigenvalue weighted by Gasteiger charge is 2.59. The average Bonchev–Trinajstić information content (AvgIpc) is 3.54. The van der Waals surface area contributed by atoms with E-state index in [9.17, 15) is 4.79 Å². The first-order chi connectivity index (χ1) is 15.0. The lowest BCUT2D eigenvalue weighted by Crippen LogP contribution is -2.49. The molecule has 6 nitrogen and oxygen atoms in total. The van der Waals surface area contributed by atoms with Gasteiger partial charge >= 0.3 is 0 Å². The SMILES string of the molecule is CNC(=O)[C@@]1(Cc2cscn2)C[C@H]2CC[C@@H]1N2Cc1nc(-c2cccc(C)c2)oc1C. The number of aromatic nitrogens is 2. The van der Waals surface area contributed by atoms with Gasteiger partial charge in [-0.1, -0.05) is 17.7 Å². The first-order valence-corrected chi connectivity index (χ1v) is 11.8. The standard InChI is InChI=1S/C24H28N4O2S/c1-15-5-4-6-17(9-15)22-27-20(16(2)30-22)12-28-19-7-8-21(28)24(11-19,23(29)25-3)10-18-13-31-14-26-18/h4-6,9,13-14,19,21H,7-8,10-12H2,1-3H3,(H,25,29)/t19-,21+,24+/m1/s1. The normalized spacial score (nSPS) is 25.3. The van der Waals surface area contributed by atoms with Crippen molar-refractivity contribution < 1.29 is 9.21 Å². The predicted molar refractivity (Wildman–Crippen MR) is 121 cm³/mol. The molecule has 5 rings (SSSR count). The minimum absolute atomic E-state index is 0.134. The summed E-state index contributed by atoms with van der Waals surface area (Å²) in [6.07, 6.45) is 3.72. The molecule has 0 saturated carbocycles. The molecular weight excluding hydrogens is 408 g/mol. The Morgan fingerprint density at radius 1 is 1.35 bits per heavy atom. The number of carbonyl (C=O) groups is 1. The molecule has 162 valence electrons. The molecule has 1 N–H and O–H groups in total. The number of hydrogen-bond donors (Lipinski definition) is 1. The number of nitrogens with one attached hydrogen (secondary N) is 1. The molecular formula is C24H28N4O2S. The first-order valence-electron chi connectivity index (χ1n) is 10.9. The molecule has 31 heavy (non-hydrogen) atoms. The number of benzene rings is 1. The Kier molecular flexibility index (Phi) is 5.18. The summed E-state index contributed by atoms with van der Waals surface area (Å²) in [6.45, 7) is 4.77. The van der Waals surface area contributed by atoms with Crippen LogP contribution in [0.3, 0.4) is 0 Å². The van der Waals surface area contributed by atoms with Gasteiger partial charge in [0.2, 0.25) is 11.8 Å². The zero-order valence-electron chi connectivity index (χ0n) is 18.2. The highest BCUT2D eigenvalue weighted by Crippen LogP contribution is 2.52. The maximum atomic E-state index is 13.1. The Morgan fingerprint density at radius 3 is 2.97 bits per heavy atom. The van der Waals surface area contributed by atoms with Gasteiger partial charge in [-0.3, -0.25) is 9.69 Å². The lowest BCUT2D eigenvalue weighted by molar-refractivity contribution is -0.132. The van der Waals surface area contributed by atoms with Crippen molar-refractivity contribution in [3.8, 4) is 11.5 Å². The lowest BCUT2D eigenvalue weighted by atomic mass is 9.70. The lowest BCUT2D eigenvalue weighted by Gasteiger charge is -2.35. The number of aryl methyl sites for hydroxylation is 2. The third-order valence-corrected chi connectivity index (χ3v) is 7.67. The van der Waals surface area contributed by atoms with Gasteiger partial charge in [0, 0.05) is 43.0 Å². The molecule has 3 aromatic rings. The summed E-state index contributed by atoms with van der Waals surface area (Å²) in [5.74, 6) is 1.66. The van der Waals surface area contributed by atoms with Gasteiger partial charge in [0.05, 0.1) is 22.3 Å². The molecule has 1 amide bonds. The van der Waals surface area contributed by atoms with Gasteiger partial charge in [0.15, 0.2) is 0 Å². The third kappa shape index (κ3) is 3.49. The van der Waals surface area contributed by atoms with Crippen molar-refractivity contribution >= 4 is 17.2 Å². The van der Waals surface area contributed by atoms with Crippen LogP contribution in [0, 0.1) is 19.3 Å². The minimum Gasteiger partial charge on any atom is -0.441 e. The van der Waals surface area contributed by atoms with E-state index in [-0.39, 0.29) is 11.9 Å². The van der Waals surface area contributed by atoms with E-state index in [4.69, 9.17) is 9.40 Å². The van der Waals surface area contributed by atoms with Gasteiger partial charge in [-0.15, -0.1) is 11.3 Å². The van der Waals surface area contributed by atoms with Crippen LogP contribution in [0.2, 0.25) is 0 Å². The van der Waals surface area contributed by atoms with E-state index < -0.39 is 5.41 Å². The molecule has 2 fully saturated rings. The summed E-state index contributed by atoms with van der Waals surface area (Å²) in [4.78, 5) is 25.0. The quantitative estimate of drug-likeness (QED) is 0.629. The number of thiazole rings is 1. The summed E-state index contributed by atoms with van der Waals surface area (Å²) >= 11 is 1.59. The van der Waals surface area contributed by atoms with Gasteiger partial charge in [-0.2, -0.15) is 0 Å². The highest BCUT2D eigenvalue weighted by molar-refractivity contribution is 7.07. The maximum Gasteiger partial charge on any atom is 0.228 e. The number of nitrogens with zero attached hydrogens (tertiary/aromatic N) is 3. The second-order valence-electron chi connectivity index (χ2n) is 8.91. The van der Waals surface area contributed by atoms with Crippen LogP contribution >= 0.6 is 11.3 Å². The van der Waals surface area contributed by atoms with Crippen LogP contribution in [-0.2, 0) is 17.8 Å². The van der Waals surface area contributed by atoms with Gasteiger partial charge < -0.3 is 9.73 Å². The molecule has 0 unspecified atom stereocenters. The van der Waals surface area contributed by atoms with Crippen LogP contribution in [-0.4, -0.2) is 39.9 Å². The molecule has 2 bridgehead atoms. The number of hydrogen-bond acceptors (Lipinski definition) is 6. The van der Waals surface area contributed by atoms with Crippen molar-refractivity contribution in [2.24, 2.45) is 5.41 Å². The Hall–Kier alpha value is -2.51. The molecule has 0 spiro atoms. The zero-order chi connectivity index (χ0) is 21.6. The van der Waals surface area contributed by atoms with Gasteiger partial charge in [0.1, 0.15) is 5.76 Å². The molecule has 2 saturated heterocycles. The van der Waals surface area contributed by atoms with Gasteiger partial charge in [-0.05, 0) is 45.2 Å². The minimum atomic E-state index is -0.428. The van der Waals surface area contributed by atoms with E-state index >= 15 is 0 Å². The monoisotopic (exact) mass is 436 g/mol. The van der Waals surface area contributed by atoms with Gasteiger partial charge in [0.25, 0.3) is 0 Å². The van der Waals surface area contributed by atoms with Crippen LogP contribution in [0.4, 0.5) is 0 Å². The maximum absolute atomic E-state index is 13.1. The number of carbonyl (C=O) groups excluding carboxylic acids is 1. The van der Waals surface area contributed by atoms with Crippen molar-refractivity contribution in [2.45, 2.75) is 58.2 Å². The highest BCUT2D eigenvalue weighted by atomic mass is 32.1. The molecule has 0 aliphatic carbocycles. The Bertz CT molecular complexity index is 1090. The number of rotatable bonds is 6. The molecule has 2 aliphatic rings. The molecule has 7 heteroatoms. The molecule has 4 heterocycles. The van der Waals surface area contributed by atoms with Crippen LogP contribution in [0.15, 0.2) is 39.6 Å².